The Bertz CT molecular complexity index is 793. The number of aryl methyl sites for hydroxylation is 2. The Labute approximate surface area is 135 Å². The molecule has 0 saturated heterocycles. The molecule has 3 rings (SSSR count). The molecule has 1 aliphatic rings. The van der Waals surface area contributed by atoms with Gasteiger partial charge in [0.25, 0.3) is 0 Å². The molecule has 5 nitrogen and oxygen atoms in total. The Hall–Kier alpha value is -1.31. The lowest BCUT2D eigenvalue weighted by molar-refractivity contribution is 0.244. The van der Waals surface area contributed by atoms with Gasteiger partial charge in [-0.2, -0.15) is 0 Å². The van der Waals surface area contributed by atoms with E-state index in [2.05, 4.69) is 34.8 Å². The zero-order chi connectivity index (χ0) is 15.9. The summed E-state index contributed by atoms with van der Waals surface area (Å²) in [5.74, 6) is 0. The highest BCUT2D eigenvalue weighted by molar-refractivity contribution is 7.90. The van der Waals surface area contributed by atoms with Gasteiger partial charge in [-0.05, 0) is 25.5 Å². The summed E-state index contributed by atoms with van der Waals surface area (Å²) in [6.07, 6.45) is 3.57. The van der Waals surface area contributed by atoms with Crippen LogP contribution in [0.2, 0.25) is 0 Å². The molecule has 3 heterocycles. The van der Waals surface area contributed by atoms with E-state index >= 15 is 0 Å². The lowest BCUT2D eigenvalue weighted by Crippen LogP contribution is -2.31. The van der Waals surface area contributed by atoms with Crippen LogP contribution in [-0.2, 0) is 29.3 Å². The molecule has 0 saturated carbocycles. The molecule has 0 bridgehead atoms. The molecule has 0 aliphatic carbocycles. The van der Waals surface area contributed by atoms with Crippen molar-refractivity contribution in [2.24, 2.45) is 0 Å². The van der Waals surface area contributed by atoms with Crippen LogP contribution < -0.4 is 0 Å². The maximum atomic E-state index is 11.5. The van der Waals surface area contributed by atoms with Crippen molar-refractivity contribution < 1.29 is 8.42 Å². The smallest absolute Gasteiger partial charge is 0.246 e. The van der Waals surface area contributed by atoms with Crippen molar-refractivity contribution in [2.45, 2.75) is 38.5 Å². The van der Waals surface area contributed by atoms with Gasteiger partial charge >= 0.3 is 0 Å². The lowest BCUT2D eigenvalue weighted by atomic mass is 10.1. The highest BCUT2D eigenvalue weighted by Crippen LogP contribution is 2.25. The second-order valence-corrected chi connectivity index (χ2v) is 9.06. The molecule has 0 aromatic carbocycles. The zero-order valence-electron chi connectivity index (χ0n) is 13.0. The van der Waals surface area contributed by atoms with Crippen molar-refractivity contribution in [3.8, 4) is 0 Å². The average Bonchev–Trinajstić information content (AvgIpc) is 2.75. The lowest BCUT2D eigenvalue weighted by Gasteiger charge is -2.27. The number of fused-ring (bicyclic) bond motifs is 1. The van der Waals surface area contributed by atoms with Crippen LogP contribution in [0.15, 0.2) is 17.4 Å². The number of aromatic nitrogens is 2. The fraction of sp³-hybridized carbons (Fsp3) is 0.467. The van der Waals surface area contributed by atoms with Crippen LogP contribution in [0.25, 0.3) is 0 Å². The van der Waals surface area contributed by atoms with E-state index in [4.69, 9.17) is 0 Å². The summed E-state index contributed by atoms with van der Waals surface area (Å²) >= 11 is 1.84. The van der Waals surface area contributed by atoms with Crippen molar-refractivity contribution in [3.05, 3.63) is 38.8 Å². The molecule has 0 amide bonds. The molecule has 0 radical (unpaired) electrons. The van der Waals surface area contributed by atoms with Gasteiger partial charge in [0, 0.05) is 53.8 Å². The molecular formula is C15H19N3O2S2. The van der Waals surface area contributed by atoms with Crippen molar-refractivity contribution in [2.75, 3.05) is 12.8 Å². The van der Waals surface area contributed by atoms with Crippen molar-refractivity contribution >= 4 is 21.2 Å². The van der Waals surface area contributed by atoms with Gasteiger partial charge in [-0.15, -0.1) is 11.3 Å². The highest BCUT2D eigenvalue weighted by Gasteiger charge is 2.21. The van der Waals surface area contributed by atoms with E-state index in [1.165, 1.54) is 15.3 Å². The second-order valence-electron chi connectivity index (χ2n) is 5.81. The summed E-state index contributed by atoms with van der Waals surface area (Å²) in [6.45, 7) is 6.88. The minimum absolute atomic E-state index is 0.0655. The molecule has 118 valence electrons. The minimum atomic E-state index is -3.33. The molecule has 2 aromatic heterocycles. The number of thiophene rings is 1. The molecule has 0 unspecified atom stereocenters. The van der Waals surface area contributed by atoms with Gasteiger partial charge in [0.2, 0.25) is 15.0 Å². The minimum Gasteiger partial charge on any atom is -0.293 e. The Kier molecular flexibility index (Phi) is 4.05. The summed E-state index contributed by atoms with van der Waals surface area (Å²) in [5, 5.41) is -0.0655. The van der Waals surface area contributed by atoms with Crippen LogP contribution in [-0.4, -0.2) is 36.1 Å². The SMILES string of the molecule is Cc1cc(CN2CCc3nc(S(C)(=O)=O)ncc3C2)sc1C. The molecule has 0 atom stereocenters. The zero-order valence-corrected chi connectivity index (χ0v) is 14.6. The third-order valence-electron chi connectivity index (χ3n) is 3.92. The van der Waals surface area contributed by atoms with Gasteiger partial charge in [0.05, 0.1) is 5.69 Å². The van der Waals surface area contributed by atoms with Gasteiger partial charge in [0.1, 0.15) is 0 Å². The molecule has 22 heavy (non-hydrogen) atoms. The fourth-order valence-electron chi connectivity index (χ4n) is 2.62. The van der Waals surface area contributed by atoms with E-state index in [0.717, 1.165) is 43.6 Å². The van der Waals surface area contributed by atoms with Crippen molar-refractivity contribution in [1.82, 2.24) is 14.9 Å². The highest BCUT2D eigenvalue weighted by atomic mass is 32.2. The predicted octanol–water partition coefficient (Wildman–Crippen LogP) is 2.12. The maximum Gasteiger partial charge on any atom is 0.246 e. The van der Waals surface area contributed by atoms with Gasteiger partial charge in [-0.1, -0.05) is 0 Å². The van der Waals surface area contributed by atoms with Crippen LogP contribution in [0, 0.1) is 13.8 Å². The summed E-state index contributed by atoms with van der Waals surface area (Å²) in [5.41, 5.74) is 3.24. The van der Waals surface area contributed by atoms with E-state index in [1.807, 2.05) is 11.3 Å². The topological polar surface area (TPSA) is 63.2 Å². The molecule has 7 heteroatoms. The van der Waals surface area contributed by atoms with Gasteiger partial charge in [-0.25, -0.2) is 18.4 Å². The summed E-state index contributed by atoms with van der Waals surface area (Å²) < 4.78 is 23.0. The second kappa shape index (κ2) is 5.72. The third-order valence-corrected chi connectivity index (χ3v) is 5.92. The largest absolute Gasteiger partial charge is 0.293 e. The van der Waals surface area contributed by atoms with E-state index in [-0.39, 0.29) is 5.16 Å². The summed E-state index contributed by atoms with van der Waals surface area (Å²) in [7, 11) is -3.33. The van der Waals surface area contributed by atoms with Crippen LogP contribution >= 0.6 is 11.3 Å². The molecular weight excluding hydrogens is 318 g/mol. The van der Waals surface area contributed by atoms with Crippen LogP contribution in [0.4, 0.5) is 0 Å². The molecule has 0 spiro atoms. The number of nitrogens with zero attached hydrogens (tertiary/aromatic N) is 3. The molecule has 2 aromatic rings. The first-order valence-corrected chi connectivity index (χ1v) is 9.87. The van der Waals surface area contributed by atoms with Crippen LogP contribution in [0.3, 0.4) is 0 Å². The Morgan fingerprint density at radius 3 is 2.77 bits per heavy atom. The van der Waals surface area contributed by atoms with Crippen LogP contribution in [0.1, 0.15) is 26.6 Å². The Morgan fingerprint density at radius 1 is 1.36 bits per heavy atom. The average molecular weight is 337 g/mol. The van der Waals surface area contributed by atoms with E-state index in [1.54, 1.807) is 6.20 Å². The molecule has 0 N–H and O–H groups in total. The predicted molar refractivity (Wildman–Crippen MR) is 86.8 cm³/mol. The third kappa shape index (κ3) is 3.21. The Balaban J connectivity index is 1.77. The number of rotatable bonds is 3. The monoisotopic (exact) mass is 337 g/mol. The molecule has 0 fully saturated rings. The van der Waals surface area contributed by atoms with E-state index in [9.17, 15) is 8.42 Å². The van der Waals surface area contributed by atoms with E-state index < -0.39 is 9.84 Å². The number of sulfone groups is 1. The van der Waals surface area contributed by atoms with E-state index in [0.29, 0.717) is 0 Å². The van der Waals surface area contributed by atoms with Gasteiger partial charge in [0.15, 0.2) is 0 Å². The summed E-state index contributed by atoms with van der Waals surface area (Å²) in [4.78, 5) is 13.3. The first-order valence-electron chi connectivity index (χ1n) is 7.16. The van der Waals surface area contributed by atoms with Gasteiger partial charge < -0.3 is 0 Å². The normalized spacial score (nSPS) is 15.8. The quantitative estimate of drug-likeness (QED) is 0.803. The molecule has 1 aliphatic heterocycles. The maximum absolute atomic E-state index is 11.5. The fourth-order valence-corrected chi connectivity index (χ4v) is 4.23. The first kappa shape index (κ1) is 15.6. The number of hydrogen-bond donors (Lipinski definition) is 0. The van der Waals surface area contributed by atoms with Crippen molar-refractivity contribution in [3.63, 3.8) is 0 Å². The first-order chi connectivity index (χ1) is 10.3. The van der Waals surface area contributed by atoms with Crippen LogP contribution in [0.5, 0.6) is 0 Å². The summed E-state index contributed by atoms with van der Waals surface area (Å²) in [6, 6.07) is 2.25. The van der Waals surface area contributed by atoms with Gasteiger partial charge in [-0.3, -0.25) is 4.90 Å². The number of hydrogen-bond acceptors (Lipinski definition) is 6. The Morgan fingerprint density at radius 2 is 2.14 bits per heavy atom. The van der Waals surface area contributed by atoms with Crippen molar-refractivity contribution in [1.29, 1.82) is 0 Å². The standard InChI is InChI=1S/C15H19N3O2S2/c1-10-6-13(21-11(10)2)9-18-5-4-14-12(8-18)7-16-15(17-14)22(3,19)20/h6-7H,4-5,8-9H2,1-3H3.